The fourth-order valence-corrected chi connectivity index (χ4v) is 4.02. The van der Waals surface area contributed by atoms with Crippen molar-refractivity contribution < 1.29 is 0 Å². The molecule has 0 aromatic carbocycles. The van der Waals surface area contributed by atoms with Crippen molar-refractivity contribution in [3.63, 3.8) is 0 Å². The SMILES string of the molecule is c1nc(NC2CCCCC2)c2ncn(C3CCCCC3)c2n1. The molecule has 4 rings (SSSR count). The monoisotopic (exact) mass is 299 g/mol. The van der Waals surface area contributed by atoms with Gasteiger partial charge in [-0.2, -0.15) is 0 Å². The normalized spacial score (nSPS) is 21.3. The molecule has 118 valence electrons. The molecule has 1 N–H and O–H groups in total. The van der Waals surface area contributed by atoms with E-state index in [0.717, 1.165) is 17.0 Å². The number of imidazole rings is 1. The summed E-state index contributed by atoms with van der Waals surface area (Å²) in [5, 5.41) is 3.61. The van der Waals surface area contributed by atoms with Crippen LogP contribution < -0.4 is 5.32 Å². The van der Waals surface area contributed by atoms with Crippen LogP contribution in [0.25, 0.3) is 11.2 Å². The number of hydrogen-bond donors (Lipinski definition) is 1. The van der Waals surface area contributed by atoms with Gasteiger partial charge in [-0.1, -0.05) is 38.5 Å². The highest BCUT2D eigenvalue weighted by molar-refractivity contribution is 5.82. The molecule has 0 radical (unpaired) electrons. The fourth-order valence-electron chi connectivity index (χ4n) is 4.02. The maximum absolute atomic E-state index is 4.63. The Bertz CT molecular complexity index is 623. The standard InChI is InChI=1S/C17H25N5/c1-3-7-13(8-4-1)21-16-15-17(19-11-18-16)22(12-20-15)14-9-5-2-6-10-14/h11-14H,1-10H2,(H,18,19,21). The van der Waals surface area contributed by atoms with Crippen molar-refractivity contribution in [2.45, 2.75) is 76.3 Å². The van der Waals surface area contributed by atoms with Crippen LogP contribution in [-0.2, 0) is 0 Å². The maximum Gasteiger partial charge on any atom is 0.165 e. The van der Waals surface area contributed by atoms with Crippen LogP contribution in [0.5, 0.6) is 0 Å². The van der Waals surface area contributed by atoms with E-state index in [4.69, 9.17) is 0 Å². The van der Waals surface area contributed by atoms with Gasteiger partial charge in [-0.25, -0.2) is 15.0 Å². The van der Waals surface area contributed by atoms with E-state index in [-0.39, 0.29) is 0 Å². The molecule has 2 aliphatic carbocycles. The first-order valence-electron chi connectivity index (χ1n) is 8.86. The number of fused-ring (bicyclic) bond motifs is 1. The topological polar surface area (TPSA) is 55.6 Å². The van der Waals surface area contributed by atoms with Gasteiger partial charge in [0.1, 0.15) is 11.8 Å². The van der Waals surface area contributed by atoms with Gasteiger partial charge in [0, 0.05) is 12.1 Å². The summed E-state index contributed by atoms with van der Waals surface area (Å²) in [6.07, 6.45) is 16.7. The van der Waals surface area contributed by atoms with Crippen molar-refractivity contribution in [1.29, 1.82) is 0 Å². The summed E-state index contributed by atoms with van der Waals surface area (Å²) in [7, 11) is 0. The first-order chi connectivity index (χ1) is 10.9. The molecule has 0 bridgehead atoms. The molecule has 5 heteroatoms. The zero-order valence-electron chi connectivity index (χ0n) is 13.2. The highest BCUT2D eigenvalue weighted by atomic mass is 15.2. The summed E-state index contributed by atoms with van der Waals surface area (Å²) in [6.45, 7) is 0. The highest BCUT2D eigenvalue weighted by Crippen LogP contribution is 2.31. The third-order valence-electron chi connectivity index (χ3n) is 5.27. The molecular weight excluding hydrogens is 274 g/mol. The number of anilines is 1. The van der Waals surface area contributed by atoms with E-state index in [1.165, 1.54) is 64.2 Å². The van der Waals surface area contributed by atoms with Gasteiger partial charge >= 0.3 is 0 Å². The zero-order valence-corrected chi connectivity index (χ0v) is 13.2. The lowest BCUT2D eigenvalue weighted by molar-refractivity contribution is 0.358. The summed E-state index contributed by atoms with van der Waals surface area (Å²) >= 11 is 0. The van der Waals surface area contributed by atoms with Crippen molar-refractivity contribution in [1.82, 2.24) is 19.5 Å². The van der Waals surface area contributed by atoms with Gasteiger partial charge in [-0.05, 0) is 25.7 Å². The van der Waals surface area contributed by atoms with Crippen molar-refractivity contribution in [3.8, 4) is 0 Å². The highest BCUT2D eigenvalue weighted by Gasteiger charge is 2.21. The number of aromatic nitrogens is 4. The van der Waals surface area contributed by atoms with Crippen LogP contribution in [0.1, 0.15) is 70.3 Å². The molecule has 2 aliphatic rings. The average Bonchev–Trinajstić information content (AvgIpc) is 3.02. The maximum atomic E-state index is 4.63. The quantitative estimate of drug-likeness (QED) is 0.928. The molecule has 0 atom stereocenters. The molecule has 0 aliphatic heterocycles. The first-order valence-corrected chi connectivity index (χ1v) is 8.86. The molecule has 2 heterocycles. The average molecular weight is 299 g/mol. The van der Waals surface area contributed by atoms with E-state index in [9.17, 15) is 0 Å². The number of rotatable bonds is 3. The van der Waals surface area contributed by atoms with E-state index in [2.05, 4.69) is 24.8 Å². The van der Waals surface area contributed by atoms with Gasteiger partial charge in [0.05, 0.1) is 6.33 Å². The minimum Gasteiger partial charge on any atom is -0.365 e. The predicted molar refractivity (Wildman–Crippen MR) is 87.9 cm³/mol. The van der Waals surface area contributed by atoms with Crippen LogP contribution in [0.4, 0.5) is 5.82 Å². The van der Waals surface area contributed by atoms with E-state index < -0.39 is 0 Å². The Balaban J connectivity index is 1.61. The largest absolute Gasteiger partial charge is 0.365 e. The van der Waals surface area contributed by atoms with E-state index in [1.807, 2.05) is 6.33 Å². The van der Waals surface area contributed by atoms with Crippen LogP contribution in [-0.4, -0.2) is 25.6 Å². The number of hydrogen-bond acceptors (Lipinski definition) is 4. The molecule has 2 saturated carbocycles. The molecule has 0 unspecified atom stereocenters. The Hall–Kier alpha value is -1.65. The third kappa shape index (κ3) is 2.69. The second-order valence-corrected chi connectivity index (χ2v) is 6.82. The lowest BCUT2D eigenvalue weighted by Crippen LogP contribution is -2.23. The van der Waals surface area contributed by atoms with Crippen LogP contribution in [0.2, 0.25) is 0 Å². The molecule has 2 aromatic heterocycles. The summed E-state index contributed by atoms with van der Waals surface area (Å²) in [5.74, 6) is 0.923. The van der Waals surface area contributed by atoms with Crippen LogP contribution in [0.3, 0.4) is 0 Å². The lowest BCUT2D eigenvalue weighted by Gasteiger charge is -2.24. The molecule has 0 spiro atoms. The zero-order chi connectivity index (χ0) is 14.8. The minimum atomic E-state index is 0.548. The lowest BCUT2D eigenvalue weighted by atomic mass is 9.95. The Kier molecular flexibility index (Phi) is 3.95. The van der Waals surface area contributed by atoms with Gasteiger partial charge in [-0.15, -0.1) is 0 Å². The molecule has 2 aromatic rings. The molecular formula is C17H25N5. The van der Waals surface area contributed by atoms with Crippen LogP contribution in [0, 0.1) is 0 Å². The molecule has 22 heavy (non-hydrogen) atoms. The van der Waals surface area contributed by atoms with Gasteiger partial charge in [0.25, 0.3) is 0 Å². The fraction of sp³-hybridized carbons (Fsp3) is 0.706. The second-order valence-electron chi connectivity index (χ2n) is 6.82. The van der Waals surface area contributed by atoms with Crippen LogP contribution in [0.15, 0.2) is 12.7 Å². The van der Waals surface area contributed by atoms with E-state index in [0.29, 0.717) is 12.1 Å². The molecule has 0 amide bonds. The van der Waals surface area contributed by atoms with E-state index >= 15 is 0 Å². The predicted octanol–water partition coefficient (Wildman–Crippen LogP) is 4.08. The molecule has 2 fully saturated rings. The van der Waals surface area contributed by atoms with Gasteiger partial charge in [-0.3, -0.25) is 0 Å². The first kappa shape index (κ1) is 14.0. The molecule has 5 nitrogen and oxygen atoms in total. The Labute approximate surface area is 131 Å². The smallest absolute Gasteiger partial charge is 0.165 e. The van der Waals surface area contributed by atoms with Crippen molar-refractivity contribution in [2.75, 3.05) is 5.32 Å². The Morgan fingerprint density at radius 2 is 1.59 bits per heavy atom. The summed E-state index contributed by atoms with van der Waals surface area (Å²) in [4.78, 5) is 13.6. The van der Waals surface area contributed by atoms with Gasteiger partial charge in [0.15, 0.2) is 11.5 Å². The summed E-state index contributed by atoms with van der Waals surface area (Å²) < 4.78 is 2.28. The second kappa shape index (κ2) is 6.23. The van der Waals surface area contributed by atoms with Crippen LogP contribution >= 0.6 is 0 Å². The third-order valence-corrected chi connectivity index (χ3v) is 5.27. The minimum absolute atomic E-state index is 0.548. The van der Waals surface area contributed by atoms with Crippen molar-refractivity contribution in [3.05, 3.63) is 12.7 Å². The molecule has 0 saturated heterocycles. The van der Waals surface area contributed by atoms with Crippen molar-refractivity contribution >= 4 is 17.0 Å². The Morgan fingerprint density at radius 3 is 2.36 bits per heavy atom. The number of nitrogens with zero attached hydrogens (tertiary/aromatic N) is 4. The van der Waals surface area contributed by atoms with E-state index in [1.54, 1.807) is 6.33 Å². The Morgan fingerprint density at radius 1 is 0.864 bits per heavy atom. The van der Waals surface area contributed by atoms with Gasteiger partial charge in [0.2, 0.25) is 0 Å². The van der Waals surface area contributed by atoms with Gasteiger partial charge < -0.3 is 9.88 Å². The number of nitrogens with one attached hydrogen (secondary N) is 1. The summed E-state index contributed by atoms with van der Waals surface area (Å²) in [6, 6.07) is 1.11. The summed E-state index contributed by atoms with van der Waals surface area (Å²) in [5.41, 5.74) is 1.94. The van der Waals surface area contributed by atoms with Crippen molar-refractivity contribution in [2.24, 2.45) is 0 Å².